The fourth-order valence-corrected chi connectivity index (χ4v) is 2.63. The largest absolute Gasteiger partial charge is 0.338 e. The zero-order chi connectivity index (χ0) is 13.8. The van der Waals surface area contributed by atoms with Gasteiger partial charge in [-0.3, -0.25) is 4.79 Å². The number of benzene rings is 1. The summed E-state index contributed by atoms with van der Waals surface area (Å²) in [4.78, 5) is 14.1. The van der Waals surface area contributed by atoms with Crippen molar-refractivity contribution in [2.24, 2.45) is 5.92 Å². The Hall–Kier alpha value is -0.840. The van der Waals surface area contributed by atoms with Gasteiger partial charge in [-0.1, -0.05) is 11.6 Å². The summed E-state index contributed by atoms with van der Waals surface area (Å²) < 4.78 is 13.4. The van der Waals surface area contributed by atoms with Crippen molar-refractivity contribution in [2.75, 3.05) is 26.7 Å². The molecule has 1 atom stereocenters. The number of piperidine rings is 1. The molecule has 1 aliphatic rings. The van der Waals surface area contributed by atoms with Crippen LogP contribution in [0.4, 0.5) is 4.39 Å². The number of hydrogen-bond acceptors (Lipinski definition) is 2. The van der Waals surface area contributed by atoms with Crippen LogP contribution in [0.5, 0.6) is 0 Å². The maximum atomic E-state index is 13.4. The number of carbonyl (C=O) groups excluding carboxylic acids is 1. The summed E-state index contributed by atoms with van der Waals surface area (Å²) in [6.07, 6.45) is 2.12. The molecule has 0 bridgehead atoms. The van der Waals surface area contributed by atoms with Gasteiger partial charge in [-0.25, -0.2) is 4.39 Å². The van der Waals surface area contributed by atoms with Gasteiger partial charge in [0.15, 0.2) is 0 Å². The zero-order valence-electron chi connectivity index (χ0n) is 11.4. The van der Waals surface area contributed by atoms with E-state index in [-0.39, 0.29) is 23.3 Å². The molecule has 1 unspecified atom stereocenters. The van der Waals surface area contributed by atoms with Gasteiger partial charge in [0.25, 0.3) is 5.91 Å². The highest BCUT2D eigenvalue weighted by molar-refractivity contribution is 6.30. The van der Waals surface area contributed by atoms with Crippen molar-refractivity contribution >= 4 is 29.9 Å². The molecule has 3 nitrogen and oxygen atoms in total. The van der Waals surface area contributed by atoms with Crippen molar-refractivity contribution in [2.45, 2.75) is 12.8 Å². The van der Waals surface area contributed by atoms with Crippen LogP contribution < -0.4 is 5.32 Å². The Labute approximate surface area is 129 Å². The summed E-state index contributed by atoms with van der Waals surface area (Å²) in [6.45, 7) is 2.37. The molecule has 1 fully saturated rings. The lowest BCUT2D eigenvalue weighted by Crippen LogP contribution is -2.42. The summed E-state index contributed by atoms with van der Waals surface area (Å²) in [5.41, 5.74) is 0.368. The molecule has 1 aliphatic heterocycles. The van der Waals surface area contributed by atoms with Crippen molar-refractivity contribution in [1.82, 2.24) is 10.2 Å². The van der Waals surface area contributed by atoms with E-state index in [1.54, 1.807) is 11.0 Å². The smallest absolute Gasteiger partial charge is 0.253 e. The SMILES string of the molecule is CNCC1CCCN(C(=O)c2ccc(Cl)c(F)c2)C1.Cl. The van der Waals surface area contributed by atoms with Crippen LogP contribution in [0, 0.1) is 11.7 Å². The van der Waals surface area contributed by atoms with Crippen LogP contribution in [0.25, 0.3) is 0 Å². The minimum atomic E-state index is -0.545. The molecule has 1 amide bonds. The molecule has 0 radical (unpaired) electrons. The first-order valence-electron chi connectivity index (χ1n) is 6.50. The highest BCUT2D eigenvalue weighted by Gasteiger charge is 2.24. The lowest BCUT2D eigenvalue weighted by molar-refractivity contribution is 0.0674. The number of halogens is 3. The van der Waals surface area contributed by atoms with Gasteiger partial charge in [0.2, 0.25) is 0 Å². The van der Waals surface area contributed by atoms with E-state index in [2.05, 4.69) is 5.32 Å². The Morgan fingerprint density at radius 3 is 2.95 bits per heavy atom. The van der Waals surface area contributed by atoms with Crippen LogP contribution in [0.3, 0.4) is 0 Å². The monoisotopic (exact) mass is 320 g/mol. The van der Waals surface area contributed by atoms with Gasteiger partial charge in [0, 0.05) is 18.7 Å². The van der Waals surface area contributed by atoms with E-state index in [0.717, 1.165) is 32.5 Å². The third-order valence-corrected chi connectivity index (χ3v) is 3.77. The van der Waals surface area contributed by atoms with E-state index in [9.17, 15) is 9.18 Å². The van der Waals surface area contributed by atoms with E-state index in [1.807, 2.05) is 7.05 Å². The number of nitrogens with zero attached hydrogens (tertiary/aromatic N) is 1. The lowest BCUT2D eigenvalue weighted by Gasteiger charge is -2.32. The average molecular weight is 321 g/mol. The first kappa shape index (κ1) is 17.2. The van der Waals surface area contributed by atoms with Crippen molar-refractivity contribution in [3.63, 3.8) is 0 Å². The van der Waals surface area contributed by atoms with Crippen LogP contribution in [0.1, 0.15) is 23.2 Å². The lowest BCUT2D eigenvalue weighted by atomic mass is 9.97. The first-order chi connectivity index (χ1) is 9.11. The van der Waals surface area contributed by atoms with Gasteiger partial charge in [-0.2, -0.15) is 0 Å². The van der Waals surface area contributed by atoms with Gasteiger partial charge in [-0.05, 0) is 50.6 Å². The quantitative estimate of drug-likeness (QED) is 0.928. The average Bonchev–Trinajstić information content (AvgIpc) is 2.42. The Balaban J connectivity index is 0.00000200. The van der Waals surface area contributed by atoms with E-state index >= 15 is 0 Å². The zero-order valence-corrected chi connectivity index (χ0v) is 12.9. The molecule has 20 heavy (non-hydrogen) atoms. The fraction of sp³-hybridized carbons (Fsp3) is 0.500. The second kappa shape index (κ2) is 7.81. The maximum Gasteiger partial charge on any atom is 0.253 e. The second-order valence-corrected chi connectivity index (χ2v) is 5.35. The van der Waals surface area contributed by atoms with Crippen molar-refractivity contribution in [3.05, 3.63) is 34.6 Å². The molecule has 2 rings (SSSR count). The predicted molar refractivity (Wildman–Crippen MR) is 81.2 cm³/mol. The predicted octanol–water partition coefficient (Wildman–Crippen LogP) is 2.97. The number of rotatable bonds is 3. The molecule has 1 aromatic carbocycles. The van der Waals surface area contributed by atoms with Crippen LogP contribution in [0.2, 0.25) is 5.02 Å². The third-order valence-electron chi connectivity index (χ3n) is 3.47. The summed E-state index contributed by atoms with van der Waals surface area (Å²) in [7, 11) is 1.91. The van der Waals surface area contributed by atoms with Crippen LogP contribution >= 0.6 is 24.0 Å². The Morgan fingerprint density at radius 2 is 2.30 bits per heavy atom. The Kier molecular flexibility index (Phi) is 6.72. The maximum absolute atomic E-state index is 13.4. The minimum Gasteiger partial charge on any atom is -0.338 e. The molecule has 0 aliphatic carbocycles. The van der Waals surface area contributed by atoms with Gasteiger partial charge in [0.1, 0.15) is 5.82 Å². The standard InChI is InChI=1S/C14H18ClFN2O.ClH/c1-17-8-10-3-2-6-18(9-10)14(19)11-4-5-12(15)13(16)7-11;/h4-5,7,10,17H,2-3,6,8-9H2,1H3;1H. The molecule has 1 saturated heterocycles. The van der Waals surface area contributed by atoms with E-state index in [0.29, 0.717) is 11.5 Å². The first-order valence-corrected chi connectivity index (χ1v) is 6.88. The Morgan fingerprint density at radius 1 is 1.55 bits per heavy atom. The minimum absolute atomic E-state index is 0. The molecule has 112 valence electrons. The van der Waals surface area contributed by atoms with Crippen molar-refractivity contribution < 1.29 is 9.18 Å². The van der Waals surface area contributed by atoms with E-state index in [4.69, 9.17) is 11.6 Å². The van der Waals surface area contributed by atoms with Crippen molar-refractivity contribution in [3.8, 4) is 0 Å². The van der Waals surface area contributed by atoms with E-state index in [1.165, 1.54) is 12.1 Å². The molecule has 1 heterocycles. The van der Waals surface area contributed by atoms with E-state index < -0.39 is 5.82 Å². The van der Waals surface area contributed by atoms with Crippen molar-refractivity contribution in [1.29, 1.82) is 0 Å². The topological polar surface area (TPSA) is 32.3 Å². The van der Waals surface area contributed by atoms with Gasteiger partial charge >= 0.3 is 0 Å². The van der Waals surface area contributed by atoms with Crippen LogP contribution in [-0.4, -0.2) is 37.5 Å². The number of likely N-dealkylation sites (tertiary alicyclic amines) is 1. The molecule has 0 saturated carbocycles. The molecule has 0 spiro atoms. The molecule has 1 aromatic rings. The number of nitrogens with one attached hydrogen (secondary N) is 1. The normalized spacial score (nSPS) is 18.6. The molecule has 6 heteroatoms. The molecular formula is C14H19Cl2FN2O. The van der Waals surface area contributed by atoms with Gasteiger partial charge in [0.05, 0.1) is 5.02 Å². The summed E-state index contributed by atoms with van der Waals surface area (Å²) in [5.74, 6) is -0.187. The highest BCUT2D eigenvalue weighted by atomic mass is 35.5. The number of carbonyl (C=O) groups is 1. The summed E-state index contributed by atoms with van der Waals surface area (Å²) in [6, 6.07) is 4.22. The van der Waals surface area contributed by atoms with Crippen LogP contribution in [-0.2, 0) is 0 Å². The highest BCUT2D eigenvalue weighted by Crippen LogP contribution is 2.20. The summed E-state index contributed by atoms with van der Waals surface area (Å²) >= 11 is 5.63. The summed E-state index contributed by atoms with van der Waals surface area (Å²) in [5, 5.41) is 3.18. The third kappa shape index (κ3) is 4.08. The number of hydrogen-bond donors (Lipinski definition) is 1. The number of amides is 1. The molecule has 0 aromatic heterocycles. The van der Waals surface area contributed by atoms with Gasteiger partial charge < -0.3 is 10.2 Å². The second-order valence-electron chi connectivity index (χ2n) is 4.95. The van der Waals surface area contributed by atoms with Crippen LogP contribution in [0.15, 0.2) is 18.2 Å². The molecule has 1 N–H and O–H groups in total. The Bertz CT molecular complexity index is 468. The fourth-order valence-electron chi connectivity index (χ4n) is 2.52. The van der Waals surface area contributed by atoms with Gasteiger partial charge in [-0.15, -0.1) is 12.4 Å². The molecular weight excluding hydrogens is 302 g/mol.